The van der Waals surface area contributed by atoms with Gasteiger partial charge in [-0.15, -0.1) is 0 Å². The molecule has 0 bridgehead atoms. The molecule has 0 radical (unpaired) electrons. The van der Waals surface area contributed by atoms with E-state index < -0.39 is 22.4 Å². The molecule has 0 amide bonds. The molecule has 0 atom stereocenters. The number of anilines is 2. The number of non-ortho nitro benzene ring substituents is 1. The number of halogens is 1. The number of rotatable bonds is 10. The first-order valence-electron chi connectivity index (χ1n) is 8.56. The van der Waals surface area contributed by atoms with Crippen LogP contribution in [0.3, 0.4) is 0 Å². The Morgan fingerprint density at radius 3 is 2.63 bits per heavy atom. The third-order valence-corrected chi connectivity index (χ3v) is 3.66. The van der Waals surface area contributed by atoms with Gasteiger partial charge < -0.3 is 15.4 Å². The standard InChI is InChI=1S/C18H21FN4O4/c1-2-27-18(24)14-11-13(23(25)26)12-15(19)17(14)22-10-6-5-9-21-16-7-3-4-8-20-16/h3-4,7-8,11-12,22H,2,5-6,9-10H2,1H3,(H,20,21). The van der Waals surface area contributed by atoms with Gasteiger partial charge in [0.25, 0.3) is 5.69 Å². The fraction of sp³-hybridized carbons (Fsp3) is 0.333. The molecule has 27 heavy (non-hydrogen) atoms. The highest BCUT2D eigenvalue weighted by Gasteiger charge is 2.22. The van der Waals surface area contributed by atoms with Gasteiger partial charge in [-0.3, -0.25) is 10.1 Å². The van der Waals surface area contributed by atoms with Gasteiger partial charge in [-0.05, 0) is 31.9 Å². The van der Waals surface area contributed by atoms with Gasteiger partial charge in [0.05, 0.1) is 28.8 Å². The van der Waals surface area contributed by atoms with Gasteiger partial charge >= 0.3 is 5.97 Å². The van der Waals surface area contributed by atoms with Crippen LogP contribution >= 0.6 is 0 Å². The Labute approximate surface area is 155 Å². The molecule has 0 fully saturated rings. The SMILES string of the molecule is CCOC(=O)c1cc([N+](=O)[O-])cc(F)c1NCCCCNc1ccccn1. The summed E-state index contributed by atoms with van der Waals surface area (Å²) in [6, 6.07) is 7.37. The molecule has 1 aromatic carbocycles. The maximum Gasteiger partial charge on any atom is 0.340 e. The Morgan fingerprint density at radius 2 is 2.00 bits per heavy atom. The van der Waals surface area contributed by atoms with Crippen molar-refractivity contribution >= 4 is 23.2 Å². The zero-order valence-corrected chi connectivity index (χ0v) is 14.9. The average Bonchev–Trinajstić information content (AvgIpc) is 2.66. The molecule has 0 aliphatic heterocycles. The molecule has 9 heteroatoms. The van der Waals surface area contributed by atoms with E-state index in [1.54, 1.807) is 13.1 Å². The van der Waals surface area contributed by atoms with Crippen molar-refractivity contribution in [3.8, 4) is 0 Å². The van der Waals surface area contributed by atoms with E-state index in [1.165, 1.54) is 0 Å². The molecule has 1 aromatic heterocycles. The quantitative estimate of drug-likeness (QED) is 0.282. The molecule has 0 unspecified atom stereocenters. The lowest BCUT2D eigenvalue weighted by Crippen LogP contribution is -2.14. The summed E-state index contributed by atoms with van der Waals surface area (Å²) in [6.07, 6.45) is 3.17. The Hall–Kier alpha value is -3.23. The first-order valence-corrected chi connectivity index (χ1v) is 8.56. The van der Waals surface area contributed by atoms with E-state index in [0.29, 0.717) is 19.5 Å². The number of nitro groups is 1. The topological polar surface area (TPSA) is 106 Å². The molecule has 0 aliphatic rings. The maximum atomic E-state index is 14.3. The highest BCUT2D eigenvalue weighted by atomic mass is 19.1. The maximum absolute atomic E-state index is 14.3. The minimum atomic E-state index is -0.862. The van der Waals surface area contributed by atoms with E-state index in [0.717, 1.165) is 24.4 Å². The average molecular weight is 376 g/mol. The normalized spacial score (nSPS) is 10.3. The van der Waals surface area contributed by atoms with Crippen LogP contribution in [-0.4, -0.2) is 35.6 Å². The number of ether oxygens (including phenoxy) is 1. The Kier molecular flexibility index (Phi) is 7.48. The predicted molar refractivity (Wildman–Crippen MR) is 99.5 cm³/mol. The molecule has 2 aromatic rings. The second-order valence-electron chi connectivity index (χ2n) is 5.60. The minimum absolute atomic E-state index is 0.0851. The van der Waals surface area contributed by atoms with Crippen LogP contribution in [0.5, 0.6) is 0 Å². The van der Waals surface area contributed by atoms with Crippen molar-refractivity contribution in [3.05, 3.63) is 58.0 Å². The lowest BCUT2D eigenvalue weighted by Gasteiger charge is -2.12. The van der Waals surface area contributed by atoms with Crippen LogP contribution in [0.1, 0.15) is 30.1 Å². The number of hydrogen-bond acceptors (Lipinski definition) is 7. The van der Waals surface area contributed by atoms with E-state index in [2.05, 4.69) is 15.6 Å². The fourth-order valence-electron chi connectivity index (χ4n) is 2.39. The summed E-state index contributed by atoms with van der Waals surface area (Å²) in [5.41, 5.74) is -0.771. The number of pyridine rings is 1. The summed E-state index contributed by atoms with van der Waals surface area (Å²) in [7, 11) is 0. The second-order valence-corrected chi connectivity index (χ2v) is 5.60. The van der Waals surface area contributed by atoms with Crippen LogP contribution in [0.15, 0.2) is 36.5 Å². The van der Waals surface area contributed by atoms with Crippen molar-refractivity contribution in [2.45, 2.75) is 19.8 Å². The van der Waals surface area contributed by atoms with E-state index in [-0.39, 0.29) is 17.9 Å². The van der Waals surface area contributed by atoms with E-state index >= 15 is 0 Å². The van der Waals surface area contributed by atoms with Gasteiger partial charge in [0, 0.05) is 25.4 Å². The number of unbranched alkanes of at least 4 members (excludes halogenated alkanes) is 1. The first kappa shape index (κ1) is 20.1. The summed E-state index contributed by atoms with van der Waals surface area (Å²) < 4.78 is 19.1. The lowest BCUT2D eigenvalue weighted by molar-refractivity contribution is -0.385. The van der Waals surface area contributed by atoms with Crippen molar-refractivity contribution in [3.63, 3.8) is 0 Å². The zero-order valence-electron chi connectivity index (χ0n) is 14.9. The number of carbonyl (C=O) groups is 1. The van der Waals surface area contributed by atoms with Crippen LogP contribution < -0.4 is 10.6 Å². The monoisotopic (exact) mass is 376 g/mol. The van der Waals surface area contributed by atoms with Gasteiger partial charge in [-0.25, -0.2) is 14.2 Å². The summed E-state index contributed by atoms with van der Waals surface area (Å²) in [6.45, 7) is 2.77. The van der Waals surface area contributed by atoms with E-state index in [1.807, 2.05) is 18.2 Å². The summed E-state index contributed by atoms with van der Waals surface area (Å²) in [5, 5.41) is 16.9. The highest BCUT2D eigenvalue weighted by Crippen LogP contribution is 2.27. The second kappa shape index (κ2) is 10.0. The van der Waals surface area contributed by atoms with Crippen LogP contribution in [0.2, 0.25) is 0 Å². The van der Waals surface area contributed by atoms with E-state index in [9.17, 15) is 19.3 Å². The summed E-state index contributed by atoms with van der Waals surface area (Å²) >= 11 is 0. The van der Waals surface area contributed by atoms with Crippen molar-refractivity contribution in [2.75, 3.05) is 30.3 Å². The van der Waals surface area contributed by atoms with Crippen LogP contribution in [0, 0.1) is 15.9 Å². The molecule has 0 aliphatic carbocycles. The minimum Gasteiger partial charge on any atom is -0.462 e. The largest absolute Gasteiger partial charge is 0.462 e. The molecule has 1 heterocycles. The number of nitrogens with one attached hydrogen (secondary N) is 2. The number of nitro benzene ring substituents is 1. The van der Waals surface area contributed by atoms with Gasteiger partial charge in [-0.1, -0.05) is 6.07 Å². The predicted octanol–water partition coefficient (Wildman–Crippen LogP) is 3.61. The number of esters is 1. The highest BCUT2D eigenvalue weighted by molar-refractivity contribution is 5.96. The van der Waals surface area contributed by atoms with E-state index in [4.69, 9.17) is 4.74 Å². The number of hydrogen-bond donors (Lipinski definition) is 2. The van der Waals surface area contributed by atoms with Crippen LogP contribution in [0.25, 0.3) is 0 Å². The lowest BCUT2D eigenvalue weighted by atomic mass is 10.1. The zero-order chi connectivity index (χ0) is 19.6. The van der Waals surface area contributed by atoms with Gasteiger partial charge in [0.2, 0.25) is 0 Å². The van der Waals surface area contributed by atoms with Crippen molar-refractivity contribution in [1.29, 1.82) is 0 Å². The molecular weight excluding hydrogens is 355 g/mol. The molecule has 8 nitrogen and oxygen atoms in total. The van der Waals surface area contributed by atoms with Crippen molar-refractivity contribution in [2.24, 2.45) is 0 Å². The summed E-state index contributed by atoms with van der Waals surface area (Å²) in [4.78, 5) is 26.3. The molecule has 0 saturated carbocycles. The third kappa shape index (κ3) is 5.91. The third-order valence-electron chi connectivity index (χ3n) is 3.66. The first-order chi connectivity index (χ1) is 13.0. The Morgan fingerprint density at radius 1 is 1.26 bits per heavy atom. The molecule has 0 saturated heterocycles. The van der Waals surface area contributed by atoms with Crippen LogP contribution in [0.4, 0.5) is 21.6 Å². The molecule has 2 N–H and O–H groups in total. The summed E-state index contributed by atoms with van der Waals surface area (Å²) in [5.74, 6) is -0.894. The van der Waals surface area contributed by atoms with Gasteiger partial charge in [0.1, 0.15) is 5.82 Å². The smallest absolute Gasteiger partial charge is 0.340 e. The number of aromatic nitrogens is 1. The Balaban J connectivity index is 1.94. The van der Waals surface area contributed by atoms with Gasteiger partial charge in [-0.2, -0.15) is 0 Å². The molecule has 144 valence electrons. The molecule has 0 spiro atoms. The van der Waals surface area contributed by atoms with Crippen LogP contribution in [-0.2, 0) is 4.74 Å². The Bertz CT molecular complexity index is 786. The van der Waals surface area contributed by atoms with Crippen molar-refractivity contribution < 1.29 is 18.8 Å². The fourth-order valence-corrected chi connectivity index (χ4v) is 2.39. The number of carbonyl (C=O) groups excluding carboxylic acids is 1. The molecular formula is C18H21FN4O4. The van der Waals surface area contributed by atoms with Crippen molar-refractivity contribution in [1.82, 2.24) is 4.98 Å². The number of benzene rings is 1. The molecule has 2 rings (SSSR count). The number of nitrogens with zero attached hydrogens (tertiary/aromatic N) is 2. The van der Waals surface area contributed by atoms with Gasteiger partial charge in [0.15, 0.2) is 5.82 Å².